The molecule has 0 bridgehead atoms. The topological polar surface area (TPSA) is 21.3 Å². The Kier molecular flexibility index (Phi) is 6.65. The minimum absolute atomic E-state index is 0.0164. The van der Waals surface area contributed by atoms with E-state index in [-0.39, 0.29) is 11.9 Å². The Morgan fingerprint density at radius 3 is 2.72 bits per heavy atom. The third-order valence-electron chi connectivity index (χ3n) is 2.56. The summed E-state index contributed by atoms with van der Waals surface area (Å²) in [5.41, 5.74) is 0. The predicted molar refractivity (Wildman–Crippen MR) is 76.6 cm³/mol. The monoisotopic (exact) mass is 317 g/mol. The molecular weight excluding hydrogens is 297 g/mol. The molecule has 4 heteroatoms. The molecule has 0 saturated carbocycles. The lowest BCUT2D eigenvalue weighted by molar-refractivity contribution is 0.198. The number of benzene rings is 1. The van der Waals surface area contributed by atoms with Crippen molar-refractivity contribution in [2.45, 2.75) is 45.8 Å². The van der Waals surface area contributed by atoms with Gasteiger partial charge in [0.1, 0.15) is 0 Å². The summed E-state index contributed by atoms with van der Waals surface area (Å²) < 4.78 is 19.9. The molecule has 1 aromatic rings. The minimum atomic E-state index is -0.314. The van der Waals surface area contributed by atoms with Crippen molar-refractivity contribution >= 4 is 15.9 Å². The zero-order chi connectivity index (χ0) is 13.5. The van der Waals surface area contributed by atoms with Crippen LogP contribution >= 0.6 is 15.9 Å². The van der Waals surface area contributed by atoms with Gasteiger partial charge >= 0.3 is 0 Å². The highest BCUT2D eigenvalue weighted by Gasteiger charge is 2.09. The number of nitrogens with one attached hydrogen (secondary N) is 1. The number of hydrogen-bond donors (Lipinski definition) is 1. The van der Waals surface area contributed by atoms with E-state index in [1.807, 2.05) is 6.92 Å². The molecule has 0 heterocycles. The van der Waals surface area contributed by atoms with Crippen LogP contribution in [-0.4, -0.2) is 18.7 Å². The Balaban J connectivity index is 2.35. The van der Waals surface area contributed by atoms with E-state index in [9.17, 15) is 4.39 Å². The first-order chi connectivity index (χ1) is 8.49. The molecule has 0 fully saturated rings. The van der Waals surface area contributed by atoms with E-state index < -0.39 is 0 Å². The lowest BCUT2D eigenvalue weighted by Gasteiger charge is -2.16. The van der Waals surface area contributed by atoms with Gasteiger partial charge in [-0.3, -0.25) is 0 Å². The van der Waals surface area contributed by atoms with Gasteiger partial charge in [-0.2, -0.15) is 0 Å². The molecule has 1 N–H and O–H groups in total. The molecule has 1 atom stereocenters. The standard InChI is InChI=1S/C14H21BrFNO/c1-10(2)17-8-4-5-11(3)18-14-9-12(15)6-7-13(14)16/h6-7,9-11,17H,4-5,8H2,1-3H3. The van der Waals surface area contributed by atoms with Crippen LogP contribution < -0.4 is 10.1 Å². The zero-order valence-corrected chi connectivity index (χ0v) is 12.8. The lowest BCUT2D eigenvalue weighted by Crippen LogP contribution is -2.25. The Hall–Kier alpha value is -0.610. The summed E-state index contributed by atoms with van der Waals surface area (Å²) in [5.74, 6) is -0.000880. The molecule has 18 heavy (non-hydrogen) atoms. The molecule has 1 unspecified atom stereocenters. The fourth-order valence-corrected chi connectivity index (χ4v) is 1.96. The third kappa shape index (κ3) is 5.83. The summed E-state index contributed by atoms with van der Waals surface area (Å²) in [6.45, 7) is 7.18. The quantitative estimate of drug-likeness (QED) is 0.763. The van der Waals surface area contributed by atoms with E-state index >= 15 is 0 Å². The largest absolute Gasteiger partial charge is 0.488 e. The Labute approximate surface area is 117 Å². The third-order valence-corrected chi connectivity index (χ3v) is 3.05. The van der Waals surface area contributed by atoms with Crippen LogP contribution in [0.15, 0.2) is 22.7 Å². The van der Waals surface area contributed by atoms with Gasteiger partial charge in [0.15, 0.2) is 11.6 Å². The van der Waals surface area contributed by atoms with E-state index in [0.717, 1.165) is 23.9 Å². The minimum Gasteiger partial charge on any atom is -0.488 e. The van der Waals surface area contributed by atoms with E-state index in [1.54, 1.807) is 12.1 Å². The summed E-state index contributed by atoms with van der Waals surface area (Å²) in [7, 11) is 0. The van der Waals surface area contributed by atoms with E-state index in [2.05, 4.69) is 35.1 Å². The molecule has 0 aliphatic heterocycles. The first-order valence-corrected chi connectivity index (χ1v) is 7.13. The van der Waals surface area contributed by atoms with Crippen LogP contribution in [0.4, 0.5) is 4.39 Å². The zero-order valence-electron chi connectivity index (χ0n) is 11.2. The molecule has 2 nitrogen and oxygen atoms in total. The van der Waals surface area contributed by atoms with Gasteiger partial charge in [0.05, 0.1) is 6.10 Å². The van der Waals surface area contributed by atoms with Gasteiger partial charge in [-0.25, -0.2) is 4.39 Å². The summed E-state index contributed by atoms with van der Waals surface area (Å²) in [5, 5.41) is 3.35. The lowest BCUT2D eigenvalue weighted by atomic mass is 10.2. The average Bonchev–Trinajstić information content (AvgIpc) is 2.29. The summed E-state index contributed by atoms with van der Waals surface area (Å²) in [6.07, 6.45) is 1.95. The van der Waals surface area contributed by atoms with Crippen molar-refractivity contribution in [2.24, 2.45) is 0 Å². The molecule has 0 aromatic heterocycles. The summed E-state index contributed by atoms with van der Waals surface area (Å²) in [4.78, 5) is 0. The van der Waals surface area contributed by atoms with Crippen molar-refractivity contribution in [3.63, 3.8) is 0 Å². The van der Waals surface area contributed by atoms with Crippen LogP contribution in [0.25, 0.3) is 0 Å². The van der Waals surface area contributed by atoms with Crippen molar-refractivity contribution in [3.05, 3.63) is 28.5 Å². The smallest absolute Gasteiger partial charge is 0.165 e. The van der Waals surface area contributed by atoms with Gasteiger partial charge in [0, 0.05) is 10.5 Å². The van der Waals surface area contributed by atoms with Crippen LogP contribution in [0.2, 0.25) is 0 Å². The second-order valence-electron chi connectivity index (χ2n) is 4.75. The maximum atomic E-state index is 13.5. The van der Waals surface area contributed by atoms with Crippen LogP contribution in [0.5, 0.6) is 5.75 Å². The van der Waals surface area contributed by atoms with Gasteiger partial charge in [0.2, 0.25) is 0 Å². The van der Waals surface area contributed by atoms with Crippen molar-refractivity contribution < 1.29 is 9.13 Å². The summed E-state index contributed by atoms with van der Waals surface area (Å²) >= 11 is 3.31. The van der Waals surface area contributed by atoms with Crippen LogP contribution in [0, 0.1) is 5.82 Å². The van der Waals surface area contributed by atoms with E-state index in [4.69, 9.17) is 4.74 Å². The van der Waals surface area contributed by atoms with Crippen LogP contribution in [-0.2, 0) is 0 Å². The normalized spacial score (nSPS) is 12.8. The first-order valence-electron chi connectivity index (χ1n) is 6.34. The van der Waals surface area contributed by atoms with E-state index in [0.29, 0.717) is 11.8 Å². The highest BCUT2D eigenvalue weighted by Crippen LogP contribution is 2.23. The van der Waals surface area contributed by atoms with Gasteiger partial charge in [0.25, 0.3) is 0 Å². The molecule has 0 aliphatic rings. The van der Waals surface area contributed by atoms with Crippen LogP contribution in [0.1, 0.15) is 33.6 Å². The second kappa shape index (κ2) is 7.74. The van der Waals surface area contributed by atoms with Crippen LogP contribution in [0.3, 0.4) is 0 Å². The maximum Gasteiger partial charge on any atom is 0.165 e. The number of halogens is 2. The first kappa shape index (κ1) is 15.4. The Bertz CT molecular complexity index is 371. The van der Waals surface area contributed by atoms with Gasteiger partial charge < -0.3 is 10.1 Å². The highest BCUT2D eigenvalue weighted by atomic mass is 79.9. The Morgan fingerprint density at radius 1 is 1.33 bits per heavy atom. The predicted octanol–water partition coefficient (Wildman–Crippen LogP) is 4.13. The average molecular weight is 318 g/mol. The molecule has 102 valence electrons. The molecule has 0 aliphatic carbocycles. The fraction of sp³-hybridized carbons (Fsp3) is 0.571. The highest BCUT2D eigenvalue weighted by molar-refractivity contribution is 9.10. The second-order valence-corrected chi connectivity index (χ2v) is 5.67. The van der Waals surface area contributed by atoms with Crippen molar-refractivity contribution in [1.29, 1.82) is 0 Å². The summed E-state index contributed by atoms with van der Waals surface area (Å²) in [6, 6.07) is 5.24. The molecule has 1 rings (SSSR count). The van der Waals surface area contributed by atoms with Gasteiger partial charge in [-0.15, -0.1) is 0 Å². The SMILES string of the molecule is CC(C)NCCCC(C)Oc1cc(Br)ccc1F. The van der Waals surface area contributed by atoms with E-state index in [1.165, 1.54) is 6.07 Å². The number of hydrogen-bond acceptors (Lipinski definition) is 2. The molecule has 1 aromatic carbocycles. The van der Waals surface area contributed by atoms with Gasteiger partial charge in [-0.05, 0) is 44.5 Å². The molecule has 0 spiro atoms. The number of ether oxygens (including phenoxy) is 1. The Morgan fingerprint density at radius 2 is 2.06 bits per heavy atom. The van der Waals surface area contributed by atoms with Gasteiger partial charge in [-0.1, -0.05) is 29.8 Å². The van der Waals surface area contributed by atoms with Crippen molar-refractivity contribution in [2.75, 3.05) is 6.54 Å². The molecule has 0 radical (unpaired) electrons. The molecule has 0 amide bonds. The molecule has 0 saturated heterocycles. The van der Waals surface area contributed by atoms with Crippen molar-refractivity contribution in [3.8, 4) is 5.75 Å². The number of rotatable bonds is 7. The fourth-order valence-electron chi connectivity index (χ4n) is 1.62. The van der Waals surface area contributed by atoms with Crippen molar-refractivity contribution in [1.82, 2.24) is 5.32 Å². The molecular formula is C14H21BrFNO. The maximum absolute atomic E-state index is 13.5.